The summed E-state index contributed by atoms with van der Waals surface area (Å²) in [7, 11) is -4.95. The summed E-state index contributed by atoms with van der Waals surface area (Å²) in [5.74, 6) is -0.00178. The molecule has 9 nitrogen and oxygen atoms in total. The van der Waals surface area contributed by atoms with Gasteiger partial charge in [0.1, 0.15) is 0 Å². The topological polar surface area (TPSA) is 90.5 Å². The van der Waals surface area contributed by atoms with E-state index < -0.39 is 20.2 Å². The highest BCUT2D eigenvalue weighted by atomic mass is 32.2. The third-order valence-corrected chi connectivity index (χ3v) is 9.36. The van der Waals surface area contributed by atoms with Crippen molar-refractivity contribution in [2.45, 2.75) is 25.4 Å². The maximum Gasteiger partial charge on any atom is 0.282 e. The fourth-order valence-electron chi connectivity index (χ4n) is 3.64. The largest absolute Gasteiger partial charge is 0.377 e. The Morgan fingerprint density at radius 2 is 1.35 bits per heavy atom. The van der Waals surface area contributed by atoms with Crippen LogP contribution < -0.4 is 0 Å². The lowest BCUT2D eigenvalue weighted by Crippen LogP contribution is -2.57. The van der Waals surface area contributed by atoms with Gasteiger partial charge in [0, 0.05) is 59.0 Å². The predicted molar refractivity (Wildman–Crippen MR) is 98.5 cm³/mol. The zero-order valence-electron chi connectivity index (χ0n) is 15.4. The molecule has 0 radical (unpaired) electrons. The quantitative estimate of drug-likeness (QED) is 0.577. The molecule has 3 heterocycles. The maximum atomic E-state index is 12.8. The molecule has 26 heavy (non-hydrogen) atoms. The van der Waals surface area contributed by atoms with Crippen molar-refractivity contribution in [2.24, 2.45) is 0 Å². The summed E-state index contributed by atoms with van der Waals surface area (Å²) in [6.45, 7) is 3.86. The number of piperazine rings is 2. The van der Waals surface area contributed by atoms with E-state index in [-0.39, 0.29) is 38.0 Å². The first-order chi connectivity index (χ1) is 12.3. The van der Waals surface area contributed by atoms with Crippen molar-refractivity contribution < 1.29 is 21.6 Å². The molecular formula is C15H30N4O5S2. The second-order valence-corrected chi connectivity index (χ2v) is 11.2. The van der Waals surface area contributed by atoms with Crippen LogP contribution in [0, 0.1) is 0 Å². The molecule has 0 aromatic heterocycles. The van der Waals surface area contributed by atoms with Crippen molar-refractivity contribution in [3.8, 4) is 0 Å². The van der Waals surface area contributed by atoms with Crippen LogP contribution in [0.4, 0.5) is 0 Å². The minimum atomic E-state index is -3.51. The molecule has 152 valence electrons. The Kier molecular flexibility index (Phi) is 6.58. The Balaban J connectivity index is 1.54. The summed E-state index contributed by atoms with van der Waals surface area (Å²) < 4.78 is 60.6. The Hall–Kier alpha value is -0.300. The number of ether oxygens (including phenoxy) is 1. The van der Waals surface area contributed by atoms with E-state index in [0.717, 1.165) is 32.4 Å². The highest BCUT2D eigenvalue weighted by Gasteiger charge is 2.37. The maximum absolute atomic E-state index is 12.8. The van der Waals surface area contributed by atoms with Gasteiger partial charge in [-0.3, -0.25) is 0 Å². The number of rotatable bonds is 5. The average molecular weight is 411 g/mol. The summed E-state index contributed by atoms with van der Waals surface area (Å²) in [4.78, 5) is 2.10. The fraction of sp³-hybridized carbons (Fsp3) is 1.00. The van der Waals surface area contributed by atoms with Crippen LogP contribution in [-0.4, -0.2) is 113 Å². The lowest BCUT2D eigenvalue weighted by Gasteiger charge is -2.39. The molecule has 0 aliphatic carbocycles. The summed E-state index contributed by atoms with van der Waals surface area (Å²) in [5.41, 5.74) is 0. The number of sulfonamides is 1. The SMILES string of the molecule is CN1CCN(S(=O)(=O)N2CCN(S(=O)(=O)CC3CCCCO3)CC2)CC1. The van der Waals surface area contributed by atoms with Gasteiger partial charge in [-0.05, 0) is 26.3 Å². The summed E-state index contributed by atoms with van der Waals surface area (Å²) >= 11 is 0. The van der Waals surface area contributed by atoms with Crippen LogP contribution >= 0.6 is 0 Å². The first-order valence-electron chi connectivity index (χ1n) is 9.32. The van der Waals surface area contributed by atoms with E-state index in [2.05, 4.69) is 4.90 Å². The van der Waals surface area contributed by atoms with Gasteiger partial charge in [-0.2, -0.15) is 21.3 Å². The Bertz CT molecular complexity index is 662. The third kappa shape index (κ3) is 4.75. The highest BCUT2D eigenvalue weighted by molar-refractivity contribution is 7.89. The number of hydrogen-bond donors (Lipinski definition) is 0. The van der Waals surface area contributed by atoms with Crippen LogP contribution in [0.25, 0.3) is 0 Å². The second-order valence-electron chi connectivity index (χ2n) is 7.28. The molecule has 1 atom stereocenters. The normalized spacial score (nSPS) is 29.0. The van der Waals surface area contributed by atoms with Crippen LogP contribution in [0.3, 0.4) is 0 Å². The second kappa shape index (κ2) is 8.38. The Morgan fingerprint density at radius 3 is 1.88 bits per heavy atom. The van der Waals surface area contributed by atoms with Crippen molar-refractivity contribution in [1.29, 1.82) is 0 Å². The molecule has 0 amide bonds. The molecule has 3 fully saturated rings. The molecule has 3 saturated heterocycles. The standard InChI is InChI=1S/C15H30N4O5S2/c1-16-5-7-18(8-6-16)26(22,23)19-11-9-17(10-12-19)25(20,21)14-15-4-2-3-13-24-15/h15H,2-14H2,1H3. The predicted octanol–water partition coefficient (Wildman–Crippen LogP) is -1.00. The van der Waals surface area contributed by atoms with Gasteiger partial charge < -0.3 is 9.64 Å². The molecular weight excluding hydrogens is 380 g/mol. The molecule has 0 bridgehead atoms. The van der Waals surface area contributed by atoms with Crippen LogP contribution in [-0.2, 0) is 25.0 Å². The van der Waals surface area contributed by atoms with Crippen LogP contribution in [0.2, 0.25) is 0 Å². The van der Waals surface area contributed by atoms with Crippen molar-refractivity contribution in [1.82, 2.24) is 17.8 Å². The van der Waals surface area contributed by atoms with Crippen LogP contribution in [0.5, 0.6) is 0 Å². The van der Waals surface area contributed by atoms with Gasteiger partial charge in [0.05, 0.1) is 11.9 Å². The van der Waals surface area contributed by atoms with Gasteiger partial charge in [0.25, 0.3) is 10.2 Å². The summed E-state index contributed by atoms with van der Waals surface area (Å²) in [6, 6.07) is 0. The molecule has 3 rings (SSSR count). The Morgan fingerprint density at radius 1 is 0.808 bits per heavy atom. The van der Waals surface area contributed by atoms with Crippen molar-refractivity contribution in [3.63, 3.8) is 0 Å². The van der Waals surface area contributed by atoms with Crippen molar-refractivity contribution in [3.05, 3.63) is 0 Å². The van der Waals surface area contributed by atoms with E-state index in [4.69, 9.17) is 4.74 Å². The van der Waals surface area contributed by atoms with Crippen LogP contribution in [0.1, 0.15) is 19.3 Å². The first-order valence-corrected chi connectivity index (χ1v) is 12.3. The van der Waals surface area contributed by atoms with Gasteiger partial charge in [-0.25, -0.2) is 8.42 Å². The van der Waals surface area contributed by atoms with E-state index in [1.165, 1.54) is 12.9 Å². The van der Waals surface area contributed by atoms with Gasteiger partial charge in [-0.1, -0.05) is 0 Å². The number of nitrogens with zero attached hydrogens (tertiary/aromatic N) is 4. The van der Waals surface area contributed by atoms with Crippen molar-refractivity contribution in [2.75, 3.05) is 71.8 Å². The minimum absolute atomic E-state index is 0.00178. The van der Waals surface area contributed by atoms with Crippen molar-refractivity contribution >= 4 is 20.2 Å². The zero-order chi connectivity index (χ0) is 18.8. The fourth-order valence-corrected chi connectivity index (χ4v) is 6.88. The summed E-state index contributed by atoms with van der Waals surface area (Å²) in [6.07, 6.45) is 2.52. The molecule has 0 spiro atoms. The van der Waals surface area contributed by atoms with Gasteiger partial charge in [0.15, 0.2) is 0 Å². The number of likely N-dealkylation sites (N-methyl/N-ethyl adjacent to an activating group) is 1. The lowest BCUT2D eigenvalue weighted by atomic mass is 10.1. The number of hydrogen-bond acceptors (Lipinski definition) is 6. The molecule has 0 saturated carbocycles. The van der Waals surface area contributed by atoms with E-state index in [9.17, 15) is 16.8 Å². The third-order valence-electron chi connectivity index (χ3n) is 5.38. The molecule has 0 aromatic rings. The average Bonchev–Trinajstić information content (AvgIpc) is 2.63. The van der Waals surface area contributed by atoms with E-state index in [1.807, 2.05) is 7.05 Å². The molecule has 0 aromatic carbocycles. The van der Waals surface area contributed by atoms with Gasteiger partial charge in [-0.15, -0.1) is 0 Å². The summed E-state index contributed by atoms with van der Waals surface area (Å²) in [5, 5.41) is 0. The monoisotopic (exact) mass is 410 g/mol. The molecule has 0 N–H and O–H groups in total. The first kappa shape index (κ1) is 20.4. The molecule has 11 heteroatoms. The highest BCUT2D eigenvalue weighted by Crippen LogP contribution is 2.19. The smallest absolute Gasteiger partial charge is 0.282 e. The molecule has 3 aliphatic rings. The van der Waals surface area contributed by atoms with Crippen LogP contribution in [0.15, 0.2) is 0 Å². The molecule has 1 unspecified atom stereocenters. The van der Waals surface area contributed by atoms with E-state index in [0.29, 0.717) is 19.7 Å². The van der Waals surface area contributed by atoms with Gasteiger partial charge in [0.2, 0.25) is 10.0 Å². The Labute approximate surface area is 157 Å². The lowest BCUT2D eigenvalue weighted by molar-refractivity contribution is 0.0297. The van der Waals surface area contributed by atoms with Gasteiger partial charge >= 0.3 is 0 Å². The van der Waals surface area contributed by atoms with E-state index in [1.54, 1.807) is 0 Å². The zero-order valence-corrected chi connectivity index (χ0v) is 17.0. The van der Waals surface area contributed by atoms with E-state index >= 15 is 0 Å². The minimum Gasteiger partial charge on any atom is -0.377 e. The molecule has 3 aliphatic heterocycles.